The van der Waals surface area contributed by atoms with E-state index in [-0.39, 0.29) is 24.8 Å². The Morgan fingerprint density at radius 2 is 2.14 bits per heavy atom. The van der Waals surface area contributed by atoms with Crippen molar-refractivity contribution in [3.8, 4) is 0 Å². The van der Waals surface area contributed by atoms with E-state index in [9.17, 15) is 9.59 Å². The highest BCUT2D eigenvalue weighted by Crippen LogP contribution is 2.43. The van der Waals surface area contributed by atoms with Gasteiger partial charge < -0.3 is 10.0 Å². The van der Waals surface area contributed by atoms with Crippen LogP contribution in [0.4, 0.5) is 0 Å². The van der Waals surface area contributed by atoms with Crippen molar-refractivity contribution in [3.05, 3.63) is 15.9 Å². The summed E-state index contributed by atoms with van der Waals surface area (Å²) in [7, 11) is 0. The molecule has 1 fully saturated rings. The molecule has 0 radical (unpaired) electrons. The molecule has 1 aromatic heterocycles. The Labute approximate surface area is 132 Å². The highest BCUT2D eigenvalue weighted by Gasteiger charge is 2.31. The van der Waals surface area contributed by atoms with Gasteiger partial charge in [-0.15, -0.1) is 0 Å². The van der Waals surface area contributed by atoms with Crippen LogP contribution in [0.2, 0.25) is 0 Å². The van der Waals surface area contributed by atoms with Crippen LogP contribution in [0.5, 0.6) is 0 Å². The number of hydrogen-bond acceptors (Lipinski definition) is 3. The standard InChI is InChI=1S/C14H20BrN3O3/c1-8(2)7-18(6-5-10(19)20)14(21)13-11(15)12(16-17-13)9-3-4-9/h8-9H,3-7H2,1-2H3,(H,16,17)(H,19,20). The van der Waals surface area contributed by atoms with E-state index in [1.807, 2.05) is 13.8 Å². The molecule has 0 aliphatic heterocycles. The zero-order valence-electron chi connectivity index (χ0n) is 12.2. The monoisotopic (exact) mass is 357 g/mol. The average molecular weight is 358 g/mol. The third-order valence-corrected chi connectivity index (χ3v) is 4.19. The topological polar surface area (TPSA) is 86.3 Å². The lowest BCUT2D eigenvalue weighted by atomic mass is 10.2. The second-order valence-corrected chi connectivity index (χ2v) is 6.66. The van der Waals surface area contributed by atoms with Crippen molar-refractivity contribution in [2.75, 3.05) is 13.1 Å². The van der Waals surface area contributed by atoms with E-state index < -0.39 is 5.97 Å². The Morgan fingerprint density at radius 1 is 1.48 bits per heavy atom. The molecule has 1 aliphatic carbocycles. The summed E-state index contributed by atoms with van der Waals surface area (Å²) in [5, 5.41) is 15.9. The number of aromatic amines is 1. The molecular formula is C14H20BrN3O3. The summed E-state index contributed by atoms with van der Waals surface area (Å²) in [6.45, 7) is 4.71. The first-order valence-corrected chi connectivity index (χ1v) is 7.94. The van der Waals surface area contributed by atoms with Crippen molar-refractivity contribution >= 4 is 27.8 Å². The first kappa shape index (κ1) is 16.0. The van der Waals surface area contributed by atoms with Gasteiger partial charge in [0.25, 0.3) is 5.91 Å². The van der Waals surface area contributed by atoms with Crippen LogP contribution in [-0.2, 0) is 4.79 Å². The van der Waals surface area contributed by atoms with E-state index in [2.05, 4.69) is 26.1 Å². The van der Waals surface area contributed by atoms with E-state index in [1.165, 1.54) is 0 Å². The SMILES string of the molecule is CC(C)CN(CCC(=O)O)C(=O)c1n[nH]c(C2CC2)c1Br. The zero-order chi connectivity index (χ0) is 15.6. The van der Waals surface area contributed by atoms with Gasteiger partial charge in [-0.1, -0.05) is 13.8 Å². The molecule has 0 atom stereocenters. The van der Waals surface area contributed by atoms with E-state index in [1.54, 1.807) is 4.90 Å². The van der Waals surface area contributed by atoms with Crippen LogP contribution in [0.3, 0.4) is 0 Å². The number of carbonyl (C=O) groups excluding carboxylic acids is 1. The summed E-state index contributed by atoms with van der Waals surface area (Å²) in [5.74, 6) is -0.398. The first-order valence-electron chi connectivity index (χ1n) is 7.15. The van der Waals surface area contributed by atoms with Gasteiger partial charge in [-0.25, -0.2) is 0 Å². The Hall–Kier alpha value is -1.37. The highest BCUT2D eigenvalue weighted by atomic mass is 79.9. The number of aliphatic carboxylic acids is 1. The van der Waals surface area contributed by atoms with Crippen molar-refractivity contribution in [2.45, 2.75) is 39.0 Å². The van der Waals surface area contributed by atoms with Crippen LogP contribution >= 0.6 is 15.9 Å². The Bertz CT molecular complexity index is 538. The van der Waals surface area contributed by atoms with Crippen LogP contribution in [0.1, 0.15) is 55.2 Å². The molecule has 1 saturated carbocycles. The third-order valence-electron chi connectivity index (χ3n) is 3.39. The molecule has 1 heterocycles. The normalized spacial score (nSPS) is 14.5. The molecule has 1 amide bonds. The van der Waals surface area contributed by atoms with Gasteiger partial charge in [-0.2, -0.15) is 5.10 Å². The number of amides is 1. The van der Waals surface area contributed by atoms with Crippen LogP contribution in [0, 0.1) is 5.92 Å². The maximum atomic E-state index is 12.6. The molecule has 21 heavy (non-hydrogen) atoms. The summed E-state index contributed by atoms with van der Waals surface area (Å²) < 4.78 is 0.721. The average Bonchev–Trinajstić information content (AvgIpc) is 3.16. The quantitative estimate of drug-likeness (QED) is 0.785. The maximum absolute atomic E-state index is 12.6. The Balaban J connectivity index is 2.14. The Morgan fingerprint density at radius 3 is 2.67 bits per heavy atom. The Kier molecular flexibility index (Phi) is 5.03. The summed E-state index contributed by atoms with van der Waals surface area (Å²) >= 11 is 3.45. The predicted molar refractivity (Wildman–Crippen MR) is 81.3 cm³/mol. The number of carbonyl (C=O) groups is 2. The number of carboxylic acid groups (broad SMARTS) is 1. The summed E-state index contributed by atoms with van der Waals surface area (Å²) in [6, 6.07) is 0. The highest BCUT2D eigenvalue weighted by molar-refractivity contribution is 9.10. The molecule has 2 rings (SSSR count). The van der Waals surface area contributed by atoms with Gasteiger partial charge in [0.05, 0.1) is 16.6 Å². The van der Waals surface area contributed by atoms with Crippen molar-refractivity contribution in [1.82, 2.24) is 15.1 Å². The molecule has 0 unspecified atom stereocenters. The molecule has 2 N–H and O–H groups in total. The van der Waals surface area contributed by atoms with E-state index in [4.69, 9.17) is 5.11 Å². The number of H-pyrrole nitrogens is 1. The molecule has 0 saturated heterocycles. The van der Waals surface area contributed by atoms with Gasteiger partial charge in [-0.3, -0.25) is 14.7 Å². The molecule has 0 aromatic carbocycles. The van der Waals surface area contributed by atoms with Gasteiger partial charge in [-0.05, 0) is 34.7 Å². The number of hydrogen-bond donors (Lipinski definition) is 2. The van der Waals surface area contributed by atoms with Crippen molar-refractivity contribution in [2.24, 2.45) is 5.92 Å². The second-order valence-electron chi connectivity index (χ2n) is 5.86. The first-order chi connectivity index (χ1) is 9.90. The minimum atomic E-state index is -0.906. The molecule has 7 heteroatoms. The van der Waals surface area contributed by atoms with Crippen LogP contribution in [0.25, 0.3) is 0 Å². The van der Waals surface area contributed by atoms with E-state index in [0.717, 1.165) is 23.0 Å². The summed E-state index contributed by atoms with van der Waals surface area (Å²) in [6.07, 6.45) is 2.17. The summed E-state index contributed by atoms with van der Waals surface area (Å²) in [5.41, 5.74) is 1.32. The molecule has 0 bridgehead atoms. The molecule has 1 aliphatic rings. The number of halogens is 1. The van der Waals surface area contributed by atoms with Crippen molar-refractivity contribution in [1.29, 1.82) is 0 Å². The molecule has 116 valence electrons. The third kappa shape index (κ3) is 4.06. The fourth-order valence-electron chi connectivity index (χ4n) is 2.22. The van der Waals surface area contributed by atoms with Crippen molar-refractivity contribution in [3.63, 3.8) is 0 Å². The largest absolute Gasteiger partial charge is 0.481 e. The fraction of sp³-hybridized carbons (Fsp3) is 0.643. The minimum Gasteiger partial charge on any atom is -0.481 e. The lowest BCUT2D eigenvalue weighted by molar-refractivity contribution is -0.137. The van der Waals surface area contributed by atoms with Gasteiger partial charge in [0.1, 0.15) is 0 Å². The molecular weight excluding hydrogens is 338 g/mol. The van der Waals surface area contributed by atoms with E-state index >= 15 is 0 Å². The molecule has 6 nitrogen and oxygen atoms in total. The van der Waals surface area contributed by atoms with Crippen LogP contribution < -0.4 is 0 Å². The molecule has 0 spiro atoms. The van der Waals surface area contributed by atoms with Crippen molar-refractivity contribution < 1.29 is 14.7 Å². The number of nitrogens with one attached hydrogen (secondary N) is 1. The number of rotatable bonds is 7. The van der Waals surface area contributed by atoms with Gasteiger partial charge >= 0.3 is 5.97 Å². The lowest BCUT2D eigenvalue weighted by Gasteiger charge is -2.23. The lowest BCUT2D eigenvalue weighted by Crippen LogP contribution is -2.36. The number of nitrogens with zero attached hydrogens (tertiary/aromatic N) is 2. The predicted octanol–water partition coefficient (Wildman–Crippen LogP) is 2.62. The van der Waals surface area contributed by atoms with Gasteiger partial charge in [0, 0.05) is 19.0 Å². The number of aromatic nitrogens is 2. The van der Waals surface area contributed by atoms with E-state index in [0.29, 0.717) is 18.2 Å². The maximum Gasteiger partial charge on any atom is 0.305 e. The van der Waals surface area contributed by atoms with Crippen LogP contribution in [0.15, 0.2) is 4.47 Å². The second kappa shape index (κ2) is 6.60. The zero-order valence-corrected chi connectivity index (χ0v) is 13.8. The smallest absolute Gasteiger partial charge is 0.305 e. The van der Waals surface area contributed by atoms with Crippen LogP contribution in [-0.4, -0.2) is 45.2 Å². The number of carboxylic acids is 1. The fourth-order valence-corrected chi connectivity index (χ4v) is 2.89. The van der Waals surface area contributed by atoms with Gasteiger partial charge in [0.15, 0.2) is 5.69 Å². The summed E-state index contributed by atoms with van der Waals surface area (Å²) in [4.78, 5) is 24.9. The molecule has 1 aromatic rings. The van der Waals surface area contributed by atoms with Gasteiger partial charge in [0.2, 0.25) is 0 Å². The minimum absolute atomic E-state index is 0.0595.